The van der Waals surface area contributed by atoms with Gasteiger partial charge in [0.1, 0.15) is 6.33 Å². The van der Waals surface area contributed by atoms with Gasteiger partial charge in [0.25, 0.3) is 5.56 Å². The molecule has 0 unspecified atom stereocenters. The van der Waals surface area contributed by atoms with Crippen molar-refractivity contribution in [3.8, 4) is 5.69 Å². The molecular formula is C18H23N6O+. The largest absolute Gasteiger partial charge is 0.333 e. The van der Waals surface area contributed by atoms with Gasteiger partial charge in [-0.2, -0.15) is 4.68 Å². The van der Waals surface area contributed by atoms with Crippen molar-refractivity contribution < 1.29 is 4.90 Å². The summed E-state index contributed by atoms with van der Waals surface area (Å²) in [6.07, 6.45) is 5.53. The second kappa shape index (κ2) is 6.76. The molecule has 0 saturated carbocycles. The minimum Gasteiger partial charge on any atom is -0.333 e. The van der Waals surface area contributed by atoms with Crippen LogP contribution in [0, 0.1) is 6.92 Å². The Labute approximate surface area is 145 Å². The van der Waals surface area contributed by atoms with Crippen molar-refractivity contribution in [2.45, 2.75) is 32.7 Å². The number of nitrogens with zero attached hydrogens (tertiary/aromatic N) is 5. The first-order chi connectivity index (χ1) is 12.2. The fraction of sp³-hybridized carbons (Fsp3) is 0.444. The molecule has 2 aromatic heterocycles. The molecule has 25 heavy (non-hydrogen) atoms. The average molecular weight is 339 g/mol. The Morgan fingerprint density at radius 3 is 2.84 bits per heavy atom. The molecule has 0 radical (unpaired) electrons. The predicted octanol–water partition coefficient (Wildman–Crippen LogP) is 0.354. The Balaban J connectivity index is 1.62. The molecule has 1 N–H and O–H groups in total. The van der Waals surface area contributed by atoms with Crippen molar-refractivity contribution in [1.82, 2.24) is 24.5 Å². The van der Waals surface area contributed by atoms with E-state index in [2.05, 4.69) is 15.3 Å². The number of benzene rings is 1. The molecule has 1 saturated heterocycles. The molecule has 0 bridgehead atoms. The van der Waals surface area contributed by atoms with E-state index in [0.717, 1.165) is 17.8 Å². The number of likely N-dealkylation sites (tertiary alicyclic amines) is 1. The van der Waals surface area contributed by atoms with Crippen LogP contribution in [0.3, 0.4) is 0 Å². The summed E-state index contributed by atoms with van der Waals surface area (Å²) in [7, 11) is 0. The van der Waals surface area contributed by atoms with E-state index in [1.165, 1.54) is 32.4 Å². The monoisotopic (exact) mass is 339 g/mol. The molecule has 3 heterocycles. The number of hydrogen-bond donors (Lipinski definition) is 1. The van der Waals surface area contributed by atoms with E-state index < -0.39 is 0 Å². The van der Waals surface area contributed by atoms with E-state index in [-0.39, 0.29) is 5.56 Å². The molecule has 1 fully saturated rings. The van der Waals surface area contributed by atoms with Gasteiger partial charge in [0, 0.05) is 0 Å². The van der Waals surface area contributed by atoms with E-state index in [0.29, 0.717) is 17.7 Å². The molecule has 7 nitrogen and oxygen atoms in total. The Hall–Kier alpha value is -2.54. The number of aromatic nitrogens is 5. The van der Waals surface area contributed by atoms with E-state index in [9.17, 15) is 4.79 Å². The summed E-state index contributed by atoms with van der Waals surface area (Å²) in [6, 6.07) is 7.92. The van der Waals surface area contributed by atoms with E-state index in [1.54, 1.807) is 20.5 Å². The normalized spacial score (nSPS) is 15.7. The molecule has 1 aromatic carbocycles. The third kappa shape index (κ3) is 3.19. The minimum absolute atomic E-state index is 0.111. The third-order valence-corrected chi connectivity index (χ3v) is 4.94. The summed E-state index contributed by atoms with van der Waals surface area (Å²) in [5.74, 6) is 0. The van der Waals surface area contributed by atoms with E-state index >= 15 is 0 Å². The highest BCUT2D eigenvalue weighted by Crippen LogP contribution is 2.13. The fourth-order valence-electron chi connectivity index (χ4n) is 3.52. The van der Waals surface area contributed by atoms with Crippen molar-refractivity contribution in [3.63, 3.8) is 0 Å². The van der Waals surface area contributed by atoms with E-state index in [1.807, 2.05) is 31.2 Å². The van der Waals surface area contributed by atoms with Gasteiger partial charge in [0.05, 0.1) is 31.9 Å². The Bertz CT molecular complexity index is 938. The standard InChI is InChI=1S/C18H22N6O/c1-14-6-5-7-15(12-14)24-17-16(20-21-24)18(25)23(13-19-17)11-10-22-8-3-2-4-9-22/h5-7,12-13H,2-4,8-11H2,1H3/p+1. The topological polar surface area (TPSA) is 70.0 Å². The van der Waals surface area contributed by atoms with Crippen LogP contribution in [0.25, 0.3) is 16.9 Å². The highest BCUT2D eigenvalue weighted by atomic mass is 16.1. The van der Waals surface area contributed by atoms with Crippen LogP contribution in [-0.2, 0) is 6.54 Å². The maximum atomic E-state index is 12.7. The molecule has 130 valence electrons. The summed E-state index contributed by atoms with van der Waals surface area (Å²) in [6.45, 7) is 6.06. The Kier molecular flexibility index (Phi) is 4.31. The van der Waals surface area contributed by atoms with Crippen molar-refractivity contribution in [1.29, 1.82) is 0 Å². The minimum atomic E-state index is -0.111. The van der Waals surface area contributed by atoms with Crippen LogP contribution in [0.4, 0.5) is 0 Å². The summed E-state index contributed by atoms with van der Waals surface area (Å²) in [5.41, 5.74) is 2.72. The highest BCUT2D eigenvalue weighted by molar-refractivity contribution is 5.70. The van der Waals surface area contributed by atoms with Gasteiger partial charge in [-0.25, -0.2) is 4.98 Å². The molecule has 7 heteroatoms. The maximum absolute atomic E-state index is 12.7. The summed E-state index contributed by atoms with van der Waals surface area (Å²) < 4.78 is 3.29. The zero-order valence-electron chi connectivity index (χ0n) is 14.5. The van der Waals surface area contributed by atoms with Crippen LogP contribution in [0.2, 0.25) is 0 Å². The van der Waals surface area contributed by atoms with Crippen LogP contribution >= 0.6 is 0 Å². The summed E-state index contributed by atoms with van der Waals surface area (Å²) >= 11 is 0. The quantitative estimate of drug-likeness (QED) is 0.745. The lowest BCUT2D eigenvalue weighted by atomic mass is 10.1. The van der Waals surface area contributed by atoms with Gasteiger partial charge < -0.3 is 4.90 Å². The number of quaternary nitrogens is 1. The van der Waals surface area contributed by atoms with Gasteiger partial charge in [-0.05, 0) is 43.9 Å². The van der Waals surface area contributed by atoms with Gasteiger partial charge in [0.2, 0.25) is 0 Å². The second-order valence-corrected chi connectivity index (χ2v) is 6.82. The maximum Gasteiger partial charge on any atom is 0.283 e. The number of rotatable bonds is 4. The van der Waals surface area contributed by atoms with Gasteiger partial charge >= 0.3 is 0 Å². The molecule has 0 atom stereocenters. The summed E-state index contributed by atoms with van der Waals surface area (Å²) in [4.78, 5) is 18.7. The van der Waals surface area contributed by atoms with Crippen LogP contribution in [0.5, 0.6) is 0 Å². The highest BCUT2D eigenvalue weighted by Gasteiger charge is 2.16. The third-order valence-electron chi connectivity index (χ3n) is 4.94. The Morgan fingerprint density at radius 2 is 2.04 bits per heavy atom. The smallest absolute Gasteiger partial charge is 0.283 e. The van der Waals surface area contributed by atoms with Gasteiger partial charge in [-0.1, -0.05) is 17.3 Å². The number of hydrogen-bond acceptors (Lipinski definition) is 4. The summed E-state index contributed by atoms with van der Waals surface area (Å²) in [5, 5.41) is 8.23. The van der Waals surface area contributed by atoms with Crippen molar-refractivity contribution >= 4 is 11.2 Å². The van der Waals surface area contributed by atoms with Gasteiger partial charge in [0.15, 0.2) is 11.2 Å². The van der Waals surface area contributed by atoms with Crippen molar-refractivity contribution in [2.24, 2.45) is 0 Å². The Morgan fingerprint density at radius 1 is 1.20 bits per heavy atom. The molecular weight excluding hydrogens is 316 g/mol. The zero-order chi connectivity index (χ0) is 17.2. The molecule has 0 aliphatic carbocycles. The van der Waals surface area contributed by atoms with E-state index in [4.69, 9.17) is 0 Å². The second-order valence-electron chi connectivity index (χ2n) is 6.82. The van der Waals surface area contributed by atoms with Crippen molar-refractivity contribution in [3.05, 3.63) is 46.5 Å². The lowest BCUT2D eigenvalue weighted by Crippen LogP contribution is -3.13. The van der Waals surface area contributed by atoms with Crippen molar-refractivity contribution in [2.75, 3.05) is 19.6 Å². The first-order valence-electron chi connectivity index (χ1n) is 8.94. The van der Waals surface area contributed by atoms with Crippen LogP contribution < -0.4 is 10.5 Å². The lowest BCUT2D eigenvalue weighted by Gasteiger charge is -2.23. The lowest BCUT2D eigenvalue weighted by molar-refractivity contribution is -0.905. The molecule has 3 aromatic rings. The molecule has 1 aliphatic rings. The molecule has 0 spiro atoms. The number of aryl methyl sites for hydroxylation is 1. The zero-order valence-corrected chi connectivity index (χ0v) is 14.5. The fourth-order valence-corrected chi connectivity index (χ4v) is 3.52. The first kappa shape index (κ1) is 16.0. The van der Waals surface area contributed by atoms with Gasteiger partial charge in [-0.15, -0.1) is 5.10 Å². The number of piperidine rings is 1. The molecule has 0 amide bonds. The molecule has 4 rings (SSSR count). The van der Waals surface area contributed by atoms with Gasteiger partial charge in [-0.3, -0.25) is 9.36 Å². The van der Waals surface area contributed by atoms with Crippen LogP contribution in [0.15, 0.2) is 35.4 Å². The average Bonchev–Trinajstić information content (AvgIpc) is 3.07. The number of fused-ring (bicyclic) bond motifs is 1. The van der Waals surface area contributed by atoms with Crippen LogP contribution in [0.1, 0.15) is 24.8 Å². The SMILES string of the molecule is Cc1cccc(-n2nnc3c(=O)n(CC[NH+]4CCCCC4)cnc32)c1. The van der Waals surface area contributed by atoms with Crippen LogP contribution in [-0.4, -0.2) is 44.2 Å². The predicted molar refractivity (Wildman–Crippen MR) is 95.1 cm³/mol. The molecule has 1 aliphatic heterocycles. The number of nitrogens with one attached hydrogen (secondary N) is 1. The first-order valence-corrected chi connectivity index (χ1v) is 8.94.